The van der Waals surface area contributed by atoms with Gasteiger partial charge >= 0.3 is 0 Å². The van der Waals surface area contributed by atoms with Gasteiger partial charge in [-0.05, 0) is 69.6 Å². The number of imidazole rings is 1. The molecule has 2 heterocycles. The van der Waals surface area contributed by atoms with Gasteiger partial charge in [-0.2, -0.15) is 0 Å². The quantitative estimate of drug-likeness (QED) is 0.0293. The van der Waals surface area contributed by atoms with Crippen LogP contribution in [0, 0.1) is 11.8 Å². The monoisotopic (exact) mass is 988 g/mol. The molecule has 0 saturated carbocycles. The molecule has 1 aromatic heterocycles. The van der Waals surface area contributed by atoms with Gasteiger partial charge in [-0.25, -0.2) is 4.98 Å². The van der Waals surface area contributed by atoms with Crippen molar-refractivity contribution in [2.45, 2.75) is 141 Å². The second-order valence-corrected chi connectivity index (χ2v) is 17.4. The van der Waals surface area contributed by atoms with Crippen LogP contribution in [0.3, 0.4) is 0 Å². The maximum absolute atomic E-state index is 14.4. The van der Waals surface area contributed by atoms with Crippen LogP contribution in [0.15, 0.2) is 32.5 Å². The van der Waals surface area contributed by atoms with Crippen LogP contribution in [0.2, 0.25) is 0 Å². The molecule has 1 saturated heterocycles. The number of nitrogens with two attached hydrogens (primary N) is 8. The predicted octanol–water partition coefficient (Wildman–Crippen LogP) is -5.33. The normalized spacial score (nSPS) is 22.5. The minimum atomic E-state index is -1.40. The van der Waals surface area contributed by atoms with E-state index in [9.17, 15) is 33.6 Å². The summed E-state index contributed by atoms with van der Waals surface area (Å²) < 4.78 is 0. The largest absolute Gasteiger partial charge is 0.370 e. The Labute approximate surface area is 407 Å². The molecule has 28 nitrogen and oxygen atoms in total. The van der Waals surface area contributed by atoms with Crippen LogP contribution in [0.5, 0.6) is 0 Å². The third kappa shape index (κ3) is 22.6. The Hall–Kier alpha value is -7.42. The number of guanidine groups is 4. The van der Waals surface area contributed by atoms with Gasteiger partial charge < -0.3 is 88.1 Å². The van der Waals surface area contributed by atoms with Gasteiger partial charge in [-0.1, -0.05) is 34.1 Å². The number of rotatable bonds is 22. The number of aromatic amines is 1. The van der Waals surface area contributed by atoms with Crippen LogP contribution < -0.4 is 83.1 Å². The minimum Gasteiger partial charge on any atom is -0.370 e. The molecule has 0 radical (unpaired) electrons. The molecule has 2 rings (SSSR count). The summed E-state index contributed by atoms with van der Waals surface area (Å²) in [6.07, 6.45) is 3.76. The summed E-state index contributed by atoms with van der Waals surface area (Å²) in [6.45, 7) is 7.51. The molecule has 24 N–H and O–H groups in total. The van der Waals surface area contributed by atoms with E-state index in [2.05, 4.69) is 67.2 Å². The summed E-state index contributed by atoms with van der Waals surface area (Å²) in [7, 11) is 0. The molecule has 0 aliphatic carbocycles. The molecular formula is C42H77N21O7. The van der Waals surface area contributed by atoms with Crippen LogP contribution in [-0.4, -0.2) is 144 Å². The van der Waals surface area contributed by atoms with Crippen molar-refractivity contribution in [3.8, 4) is 0 Å². The van der Waals surface area contributed by atoms with Crippen LogP contribution in [-0.2, 0) is 40.0 Å². The third-order valence-corrected chi connectivity index (χ3v) is 11.1. The van der Waals surface area contributed by atoms with E-state index in [1.165, 1.54) is 12.5 Å². The first-order valence-corrected chi connectivity index (χ1v) is 23.4. The van der Waals surface area contributed by atoms with Crippen molar-refractivity contribution in [3.05, 3.63) is 18.2 Å². The maximum Gasteiger partial charge on any atom is 0.243 e. The van der Waals surface area contributed by atoms with Gasteiger partial charge in [-0.3, -0.25) is 53.5 Å². The van der Waals surface area contributed by atoms with Crippen molar-refractivity contribution >= 4 is 65.2 Å². The van der Waals surface area contributed by atoms with Crippen molar-refractivity contribution in [2.75, 3.05) is 26.2 Å². The van der Waals surface area contributed by atoms with Crippen LogP contribution in [0.4, 0.5) is 0 Å². The topological polar surface area (TPSA) is 490 Å². The summed E-state index contributed by atoms with van der Waals surface area (Å²) in [5.74, 6) is -6.87. The first-order chi connectivity index (χ1) is 33.1. The Bertz CT molecular complexity index is 1980. The SMILES string of the molecule is CCC(C)C1NC(=O)C(CCCN=C(N)N)NC(=O)C(CCCN=C(N)N)NC(=O)C(Cc2cnc[nH]2)NC(=O)C(CCCN=C(N)N)NC(=O)C(CCCN=C(N)N)NC(=O)C(CC(C)C)NC1=O. The summed E-state index contributed by atoms with van der Waals surface area (Å²) >= 11 is 0. The van der Waals surface area contributed by atoms with Gasteiger partial charge in [0, 0.05) is 44.5 Å². The lowest BCUT2D eigenvalue weighted by Crippen LogP contribution is -2.60. The molecule has 7 amide bonds. The van der Waals surface area contributed by atoms with Crippen molar-refractivity contribution in [1.82, 2.24) is 47.2 Å². The summed E-state index contributed by atoms with van der Waals surface area (Å²) in [5.41, 5.74) is 44.7. The van der Waals surface area contributed by atoms with Gasteiger partial charge in [0.25, 0.3) is 0 Å². The Morgan fingerprint density at radius 2 is 0.829 bits per heavy atom. The average molecular weight is 988 g/mol. The fourth-order valence-corrected chi connectivity index (χ4v) is 7.20. The molecule has 0 spiro atoms. The molecule has 1 aliphatic rings. The summed E-state index contributed by atoms with van der Waals surface area (Å²) in [5, 5.41) is 19.2. The average Bonchev–Trinajstić information content (AvgIpc) is 3.80. The zero-order valence-corrected chi connectivity index (χ0v) is 40.7. The Kier molecular flexibility index (Phi) is 25.9. The maximum atomic E-state index is 14.4. The number of carbonyl (C=O) groups excluding carboxylic acids is 7. The number of nitrogens with zero attached hydrogens (tertiary/aromatic N) is 5. The number of amides is 7. The molecule has 1 fully saturated rings. The molecule has 0 bridgehead atoms. The number of hydrogen-bond acceptors (Lipinski definition) is 12. The number of nitrogens with one attached hydrogen (secondary N) is 8. The fraction of sp³-hybridized carbons (Fsp3) is 0.667. The van der Waals surface area contributed by atoms with E-state index in [0.717, 1.165) is 0 Å². The van der Waals surface area contributed by atoms with E-state index in [1.807, 2.05) is 20.8 Å². The second-order valence-electron chi connectivity index (χ2n) is 17.4. The van der Waals surface area contributed by atoms with Crippen LogP contribution >= 0.6 is 0 Å². The highest BCUT2D eigenvalue weighted by atomic mass is 16.2. The van der Waals surface area contributed by atoms with Crippen molar-refractivity contribution < 1.29 is 33.6 Å². The van der Waals surface area contributed by atoms with E-state index in [4.69, 9.17) is 45.9 Å². The van der Waals surface area contributed by atoms with Crippen LogP contribution in [0.1, 0.15) is 97.6 Å². The van der Waals surface area contributed by atoms with Crippen LogP contribution in [0.25, 0.3) is 0 Å². The fourth-order valence-electron chi connectivity index (χ4n) is 7.20. The number of carbonyl (C=O) groups is 7. The Balaban J connectivity index is 2.87. The van der Waals surface area contributed by atoms with Crippen molar-refractivity contribution in [2.24, 2.45) is 77.7 Å². The molecule has 1 aromatic rings. The molecule has 8 unspecified atom stereocenters. The van der Waals surface area contributed by atoms with Gasteiger partial charge in [0.15, 0.2) is 23.8 Å². The Morgan fingerprint density at radius 1 is 0.500 bits per heavy atom. The van der Waals surface area contributed by atoms with Gasteiger partial charge in [0.2, 0.25) is 41.4 Å². The highest BCUT2D eigenvalue weighted by Crippen LogP contribution is 2.14. The van der Waals surface area contributed by atoms with E-state index < -0.39 is 89.6 Å². The lowest BCUT2D eigenvalue weighted by molar-refractivity contribution is -0.136. The van der Waals surface area contributed by atoms with Gasteiger partial charge in [0.05, 0.1) is 6.33 Å². The Morgan fingerprint density at radius 3 is 1.16 bits per heavy atom. The molecule has 392 valence electrons. The zero-order chi connectivity index (χ0) is 52.3. The van der Waals surface area contributed by atoms with Crippen molar-refractivity contribution in [3.63, 3.8) is 0 Å². The lowest BCUT2D eigenvalue weighted by atomic mass is 9.96. The van der Waals surface area contributed by atoms with Crippen molar-refractivity contribution in [1.29, 1.82) is 0 Å². The summed E-state index contributed by atoms with van der Waals surface area (Å²) in [6, 6.07) is -9.14. The molecule has 1 aliphatic heterocycles. The molecule has 28 heteroatoms. The molecule has 0 aromatic carbocycles. The van der Waals surface area contributed by atoms with E-state index in [1.54, 1.807) is 6.92 Å². The highest BCUT2D eigenvalue weighted by Gasteiger charge is 2.36. The van der Waals surface area contributed by atoms with E-state index >= 15 is 0 Å². The zero-order valence-electron chi connectivity index (χ0n) is 40.7. The summed E-state index contributed by atoms with van der Waals surface area (Å²) in [4.78, 5) is 123. The number of H-pyrrole nitrogens is 1. The molecule has 8 atom stereocenters. The third-order valence-electron chi connectivity index (χ3n) is 11.1. The van der Waals surface area contributed by atoms with E-state index in [0.29, 0.717) is 12.1 Å². The highest BCUT2D eigenvalue weighted by molar-refractivity contribution is 5.98. The molecule has 70 heavy (non-hydrogen) atoms. The standard InChI is InChI=1S/C42H77N21O7/c1-5-23(4)31-38(70)62-29(18-22(2)3)36(68)59-25(10-6-14-52-39(43)44)32(64)57-27(12-8-16-54-41(47)48)34(66)61-30(19-24-20-51-21-56-24)37(69)60-26(11-7-15-53-40(45)46)33(65)58-28(35(67)63-31)13-9-17-55-42(49)50/h20-23,25-31H,5-19H2,1-4H3,(H,51,56)(H,57,64)(H,58,65)(H,59,68)(H,60,69)(H,61,66)(H,62,70)(H,63,67)(H4,43,44,52)(H4,45,46,53)(H4,47,48,54)(H4,49,50,55). The van der Waals surface area contributed by atoms with E-state index in [-0.39, 0.29) is 120 Å². The number of aromatic nitrogens is 2. The van der Waals surface area contributed by atoms with Gasteiger partial charge in [0.1, 0.15) is 42.3 Å². The minimum absolute atomic E-state index is 0.0222. The predicted molar refractivity (Wildman–Crippen MR) is 264 cm³/mol. The first kappa shape index (κ1) is 58.7. The first-order valence-electron chi connectivity index (χ1n) is 23.4. The number of hydrogen-bond donors (Lipinski definition) is 16. The molecular weight excluding hydrogens is 911 g/mol. The lowest BCUT2D eigenvalue weighted by Gasteiger charge is -2.30. The number of aliphatic imine (C=N–C) groups is 4. The second kappa shape index (κ2) is 30.9. The smallest absolute Gasteiger partial charge is 0.243 e. The van der Waals surface area contributed by atoms with Gasteiger partial charge in [-0.15, -0.1) is 0 Å².